The van der Waals surface area contributed by atoms with Gasteiger partial charge in [-0.15, -0.1) is 0 Å². The molecule has 0 atom stereocenters. The average molecular weight is 350 g/mol. The first-order chi connectivity index (χ1) is 10.1. The van der Waals surface area contributed by atoms with Gasteiger partial charge < -0.3 is 0 Å². The summed E-state index contributed by atoms with van der Waals surface area (Å²) in [4.78, 5) is -0.837. The van der Waals surface area contributed by atoms with Gasteiger partial charge in [-0.3, -0.25) is 4.31 Å². The lowest BCUT2D eigenvalue weighted by molar-refractivity contribution is -0.139. The second-order valence-electron chi connectivity index (χ2n) is 4.45. The highest BCUT2D eigenvalue weighted by molar-refractivity contribution is 7.92. The predicted molar refractivity (Wildman–Crippen MR) is 78.5 cm³/mol. The van der Waals surface area contributed by atoms with Gasteiger partial charge in [0, 0.05) is 12.1 Å². The summed E-state index contributed by atoms with van der Waals surface area (Å²) in [6.07, 6.45) is -4.83. The van der Waals surface area contributed by atoms with Crippen molar-refractivity contribution in [2.24, 2.45) is 0 Å². The van der Waals surface area contributed by atoms with Gasteiger partial charge in [0.15, 0.2) is 0 Å². The lowest BCUT2D eigenvalue weighted by Gasteiger charge is -2.22. The van der Waals surface area contributed by atoms with Crippen LogP contribution >= 0.6 is 11.6 Å². The van der Waals surface area contributed by atoms with Crippen molar-refractivity contribution in [1.82, 2.24) is 0 Å². The van der Waals surface area contributed by atoms with Gasteiger partial charge >= 0.3 is 6.18 Å². The molecule has 0 heterocycles. The van der Waals surface area contributed by atoms with E-state index in [1.807, 2.05) is 0 Å². The van der Waals surface area contributed by atoms with Crippen LogP contribution in [0.5, 0.6) is 0 Å². The monoisotopic (exact) mass is 349 g/mol. The number of sulfonamides is 1. The highest BCUT2D eigenvalue weighted by atomic mass is 35.5. The van der Waals surface area contributed by atoms with E-state index >= 15 is 0 Å². The van der Waals surface area contributed by atoms with E-state index in [-0.39, 0.29) is 10.7 Å². The number of halogens is 4. The normalized spacial score (nSPS) is 12.2. The fourth-order valence-electron chi connectivity index (χ4n) is 1.87. The standard InChI is InChI=1S/C14H11ClF3NO2S/c1-19(11-5-3-2-4-6-11)22(20,21)13-8-7-10(15)9-12(13)14(16,17)18/h2-9H,1H3. The maximum atomic E-state index is 13.1. The van der Waals surface area contributed by atoms with E-state index in [0.29, 0.717) is 6.07 Å². The molecule has 0 amide bonds. The number of alkyl halides is 3. The van der Waals surface area contributed by atoms with E-state index in [1.165, 1.54) is 19.2 Å². The van der Waals surface area contributed by atoms with Crippen molar-refractivity contribution >= 4 is 27.3 Å². The third-order valence-corrected chi connectivity index (χ3v) is 5.08. The van der Waals surface area contributed by atoms with Crippen molar-refractivity contribution in [3.63, 3.8) is 0 Å². The number of nitrogens with zero attached hydrogens (tertiary/aromatic N) is 1. The SMILES string of the molecule is CN(c1ccccc1)S(=O)(=O)c1ccc(Cl)cc1C(F)(F)F. The molecule has 22 heavy (non-hydrogen) atoms. The zero-order valence-corrected chi connectivity index (χ0v) is 12.9. The van der Waals surface area contributed by atoms with E-state index in [1.54, 1.807) is 18.2 Å². The van der Waals surface area contributed by atoms with Crippen LogP contribution in [0, 0.1) is 0 Å². The van der Waals surface area contributed by atoms with E-state index in [2.05, 4.69) is 0 Å². The Labute approximate surface area is 131 Å². The van der Waals surface area contributed by atoms with Crippen LogP contribution in [0.15, 0.2) is 53.4 Å². The van der Waals surface area contributed by atoms with Crippen LogP contribution in [-0.2, 0) is 16.2 Å². The number of benzene rings is 2. The lowest BCUT2D eigenvalue weighted by atomic mass is 10.2. The zero-order valence-electron chi connectivity index (χ0n) is 11.3. The number of hydrogen-bond donors (Lipinski definition) is 0. The van der Waals surface area contributed by atoms with Gasteiger partial charge in [0.1, 0.15) is 0 Å². The number of para-hydroxylation sites is 1. The number of hydrogen-bond acceptors (Lipinski definition) is 2. The fourth-order valence-corrected chi connectivity index (χ4v) is 3.43. The molecule has 118 valence electrons. The minimum Gasteiger partial charge on any atom is -0.269 e. The second kappa shape index (κ2) is 5.81. The Hall–Kier alpha value is -1.73. The first-order valence-electron chi connectivity index (χ1n) is 6.05. The molecule has 0 aliphatic heterocycles. The Morgan fingerprint density at radius 2 is 1.64 bits per heavy atom. The Kier molecular flexibility index (Phi) is 4.39. The van der Waals surface area contributed by atoms with Crippen molar-refractivity contribution in [2.75, 3.05) is 11.4 Å². The van der Waals surface area contributed by atoms with Crippen LogP contribution in [0.1, 0.15) is 5.56 Å². The third-order valence-electron chi connectivity index (χ3n) is 3.01. The maximum absolute atomic E-state index is 13.1. The summed E-state index contributed by atoms with van der Waals surface area (Å²) in [6.45, 7) is 0. The summed E-state index contributed by atoms with van der Waals surface area (Å²) in [7, 11) is -3.17. The van der Waals surface area contributed by atoms with Crippen molar-refractivity contribution in [1.29, 1.82) is 0 Å². The Balaban J connectivity index is 2.60. The molecule has 0 saturated heterocycles. The smallest absolute Gasteiger partial charge is 0.269 e. The van der Waals surface area contributed by atoms with Crippen molar-refractivity contribution < 1.29 is 21.6 Å². The summed E-state index contributed by atoms with van der Waals surface area (Å²) in [6, 6.07) is 10.4. The van der Waals surface area contributed by atoms with Crippen LogP contribution in [-0.4, -0.2) is 15.5 Å². The summed E-state index contributed by atoms with van der Waals surface area (Å²) in [5.74, 6) is 0. The van der Waals surface area contributed by atoms with Crippen LogP contribution in [0.25, 0.3) is 0 Å². The van der Waals surface area contributed by atoms with E-state index in [0.717, 1.165) is 16.4 Å². The molecule has 0 spiro atoms. The largest absolute Gasteiger partial charge is 0.417 e. The quantitative estimate of drug-likeness (QED) is 0.833. The van der Waals surface area contributed by atoms with E-state index in [4.69, 9.17) is 11.6 Å². The molecule has 2 aromatic rings. The van der Waals surface area contributed by atoms with E-state index in [9.17, 15) is 21.6 Å². The first-order valence-corrected chi connectivity index (χ1v) is 7.86. The molecule has 0 N–H and O–H groups in total. The van der Waals surface area contributed by atoms with Crippen LogP contribution in [0.2, 0.25) is 5.02 Å². The number of rotatable bonds is 3. The van der Waals surface area contributed by atoms with Crippen molar-refractivity contribution in [2.45, 2.75) is 11.1 Å². The lowest BCUT2D eigenvalue weighted by Crippen LogP contribution is -2.28. The molecule has 0 aliphatic rings. The summed E-state index contributed by atoms with van der Waals surface area (Å²) >= 11 is 5.56. The highest BCUT2D eigenvalue weighted by Gasteiger charge is 2.38. The maximum Gasteiger partial charge on any atom is 0.417 e. The summed E-state index contributed by atoms with van der Waals surface area (Å²) in [5, 5.41) is -0.186. The summed E-state index contributed by atoms with van der Waals surface area (Å²) < 4.78 is 65.0. The van der Waals surface area contributed by atoms with Crippen LogP contribution in [0.4, 0.5) is 18.9 Å². The molecule has 2 aromatic carbocycles. The van der Waals surface area contributed by atoms with Gasteiger partial charge in [0.05, 0.1) is 16.1 Å². The second-order valence-corrected chi connectivity index (χ2v) is 6.82. The molecule has 2 rings (SSSR count). The van der Waals surface area contributed by atoms with Gasteiger partial charge in [0.25, 0.3) is 10.0 Å². The molecular formula is C14H11ClF3NO2S. The zero-order chi connectivity index (χ0) is 16.5. The van der Waals surface area contributed by atoms with Crippen molar-refractivity contribution in [3.8, 4) is 0 Å². The molecule has 0 fully saturated rings. The molecule has 0 bridgehead atoms. The minimum absolute atomic E-state index is 0.186. The van der Waals surface area contributed by atoms with Gasteiger partial charge in [0.2, 0.25) is 0 Å². The molecule has 0 radical (unpaired) electrons. The van der Waals surface area contributed by atoms with Gasteiger partial charge in [-0.05, 0) is 30.3 Å². The predicted octanol–water partition coefficient (Wildman–Crippen LogP) is 4.18. The topological polar surface area (TPSA) is 37.4 Å². The van der Waals surface area contributed by atoms with Crippen LogP contribution in [0.3, 0.4) is 0 Å². The highest BCUT2D eigenvalue weighted by Crippen LogP contribution is 2.37. The molecule has 3 nitrogen and oxygen atoms in total. The van der Waals surface area contributed by atoms with Crippen LogP contribution < -0.4 is 4.31 Å². The minimum atomic E-state index is -4.83. The summed E-state index contributed by atoms with van der Waals surface area (Å²) in [5.41, 5.74) is -1.03. The Morgan fingerprint density at radius 3 is 2.18 bits per heavy atom. The van der Waals surface area contributed by atoms with E-state index < -0.39 is 26.7 Å². The third kappa shape index (κ3) is 3.20. The Morgan fingerprint density at radius 1 is 1.05 bits per heavy atom. The number of anilines is 1. The molecule has 0 aromatic heterocycles. The van der Waals surface area contributed by atoms with Crippen molar-refractivity contribution in [3.05, 3.63) is 59.1 Å². The molecular weight excluding hydrogens is 339 g/mol. The van der Waals surface area contributed by atoms with Gasteiger partial charge in [-0.25, -0.2) is 8.42 Å². The van der Waals surface area contributed by atoms with Gasteiger partial charge in [-0.1, -0.05) is 29.8 Å². The molecule has 0 aliphatic carbocycles. The molecule has 8 heteroatoms. The Bertz CT molecular complexity index is 776. The first kappa shape index (κ1) is 16.6. The fraction of sp³-hybridized carbons (Fsp3) is 0.143. The molecule has 0 saturated carbocycles. The van der Waals surface area contributed by atoms with Gasteiger partial charge in [-0.2, -0.15) is 13.2 Å². The molecule has 0 unspecified atom stereocenters. The average Bonchev–Trinajstić information content (AvgIpc) is 2.46.